The van der Waals surface area contributed by atoms with E-state index >= 15 is 0 Å². The minimum absolute atomic E-state index is 0.0192. The number of aromatic nitrogens is 2. The summed E-state index contributed by atoms with van der Waals surface area (Å²) >= 11 is 15.1. The predicted octanol–water partition coefficient (Wildman–Crippen LogP) is 5.09. The number of rotatable bonds is 6. The van der Waals surface area contributed by atoms with E-state index in [0.717, 1.165) is 28.5 Å². The van der Waals surface area contributed by atoms with Crippen LogP contribution in [0.4, 0.5) is 5.13 Å². The fourth-order valence-electron chi connectivity index (χ4n) is 2.35. The van der Waals surface area contributed by atoms with Gasteiger partial charge in [-0.2, -0.15) is 0 Å². The normalized spacial score (nSPS) is 19.6. The highest BCUT2D eigenvalue weighted by molar-refractivity contribution is 8.01. The van der Waals surface area contributed by atoms with Crippen LogP contribution in [0.25, 0.3) is 0 Å². The zero-order chi connectivity index (χ0) is 16.4. The van der Waals surface area contributed by atoms with E-state index in [-0.39, 0.29) is 17.7 Å². The summed E-state index contributed by atoms with van der Waals surface area (Å²) in [5.74, 6) is 1.10. The summed E-state index contributed by atoms with van der Waals surface area (Å²) in [5.41, 5.74) is 1.01. The average molecular weight is 388 g/mol. The van der Waals surface area contributed by atoms with Gasteiger partial charge >= 0.3 is 0 Å². The molecule has 1 saturated carbocycles. The lowest BCUT2D eigenvalue weighted by atomic mass is 10.1. The molecule has 2 aromatic rings. The van der Waals surface area contributed by atoms with Crippen molar-refractivity contribution in [3.05, 3.63) is 33.8 Å². The standard InChI is InChI=1S/C15H15Cl2N3OS2/c1-2-3-22-15-20-19-14(23-15)18-13(21)12-7-11(12)8-4-9(16)6-10(17)5-8/h4-6,11-12H,2-3,7H2,1H3,(H,18,19,21)/t11-,12+/m0/s1. The van der Waals surface area contributed by atoms with Crippen LogP contribution in [0.15, 0.2) is 22.5 Å². The Morgan fingerprint density at radius 3 is 2.78 bits per heavy atom. The molecule has 1 aliphatic carbocycles. The number of benzene rings is 1. The van der Waals surface area contributed by atoms with Crippen LogP contribution < -0.4 is 5.32 Å². The molecule has 1 N–H and O–H groups in total. The number of nitrogens with one attached hydrogen (secondary N) is 1. The number of carbonyl (C=O) groups excluding carboxylic acids is 1. The second kappa shape index (κ2) is 7.38. The van der Waals surface area contributed by atoms with Gasteiger partial charge in [-0.1, -0.05) is 53.2 Å². The second-order valence-electron chi connectivity index (χ2n) is 5.36. The predicted molar refractivity (Wildman–Crippen MR) is 96.9 cm³/mol. The number of anilines is 1. The molecular weight excluding hydrogens is 373 g/mol. The largest absolute Gasteiger partial charge is 0.300 e. The van der Waals surface area contributed by atoms with Crippen LogP contribution in [0.2, 0.25) is 10.0 Å². The zero-order valence-electron chi connectivity index (χ0n) is 12.4. The van der Waals surface area contributed by atoms with E-state index in [1.54, 1.807) is 17.8 Å². The highest BCUT2D eigenvalue weighted by Gasteiger charge is 2.44. The van der Waals surface area contributed by atoms with Gasteiger partial charge in [0.1, 0.15) is 0 Å². The maximum absolute atomic E-state index is 12.3. The number of amides is 1. The lowest BCUT2D eigenvalue weighted by Gasteiger charge is -2.03. The number of halogens is 2. The van der Waals surface area contributed by atoms with Crippen molar-refractivity contribution in [2.45, 2.75) is 30.0 Å². The Balaban J connectivity index is 1.58. The van der Waals surface area contributed by atoms with Crippen LogP contribution in [0.5, 0.6) is 0 Å². The van der Waals surface area contributed by atoms with Gasteiger partial charge in [0, 0.05) is 21.7 Å². The quantitative estimate of drug-likeness (QED) is 0.553. The van der Waals surface area contributed by atoms with Crippen molar-refractivity contribution in [2.24, 2.45) is 5.92 Å². The maximum atomic E-state index is 12.3. The number of hydrogen-bond donors (Lipinski definition) is 1. The van der Waals surface area contributed by atoms with Crippen LogP contribution in [0, 0.1) is 5.92 Å². The molecule has 1 aromatic heterocycles. The molecule has 1 fully saturated rings. The summed E-state index contributed by atoms with van der Waals surface area (Å²) in [7, 11) is 0. The van der Waals surface area contributed by atoms with Gasteiger partial charge < -0.3 is 5.32 Å². The molecule has 2 atom stereocenters. The van der Waals surface area contributed by atoms with Crippen molar-refractivity contribution in [1.29, 1.82) is 0 Å². The van der Waals surface area contributed by atoms with Gasteiger partial charge in [-0.25, -0.2) is 0 Å². The number of thioether (sulfide) groups is 1. The molecule has 1 aliphatic rings. The lowest BCUT2D eigenvalue weighted by Crippen LogP contribution is -2.14. The van der Waals surface area contributed by atoms with E-state index in [2.05, 4.69) is 22.4 Å². The molecule has 8 heteroatoms. The fraction of sp³-hybridized carbons (Fsp3) is 0.400. The monoisotopic (exact) mass is 387 g/mol. The first-order valence-corrected chi connectivity index (χ1v) is 9.85. The fourth-order valence-corrected chi connectivity index (χ4v) is 4.57. The van der Waals surface area contributed by atoms with E-state index < -0.39 is 0 Å². The molecular formula is C15H15Cl2N3OS2. The van der Waals surface area contributed by atoms with Crippen LogP contribution in [-0.4, -0.2) is 21.9 Å². The Morgan fingerprint density at radius 1 is 1.35 bits per heavy atom. The Kier molecular flexibility index (Phi) is 5.46. The number of nitrogens with zero attached hydrogens (tertiary/aromatic N) is 2. The van der Waals surface area contributed by atoms with Crippen molar-refractivity contribution in [3.8, 4) is 0 Å². The Hall–Kier alpha value is -0.820. The molecule has 0 unspecified atom stereocenters. The molecule has 0 radical (unpaired) electrons. The molecule has 1 amide bonds. The smallest absolute Gasteiger partial charge is 0.229 e. The van der Waals surface area contributed by atoms with E-state index in [0.29, 0.717) is 15.2 Å². The molecule has 0 bridgehead atoms. The maximum Gasteiger partial charge on any atom is 0.229 e. The first kappa shape index (κ1) is 17.0. The summed E-state index contributed by atoms with van der Waals surface area (Å²) in [4.78, 5) is 12.3. The summed E-state index contributed by atoms with van der Waals surface area (Å²) in [5, 5.41) is 12.7. The Morgan fingerprint density at radius 2 is 2.09 bits per heavy atom. The summed E-state index contributed by atoms with van der Waals surface area (Å²) in [6.07, 6.45) is 1.89. The molecule has 0 spiro atoms. The first-order chi connectivity index (χ1) is 11.1. The molecule has 1 aromatic carbocycles. The summed E-state index contributed by atoms with van der Waals surface area (Å²) in [6, 6.07) is 5.44. The van der Waals surface area contributed by atoms with Gasteiger partial charge in [-0.05, 0) is 42.5 Å². The van der Waals surface area contributed by atoms with Gasteiger partial charge in [0.25, 0.3) is 0 Å². The van der Waals surface area contributed by atoms with E-state index in [1.165, 1.54) is 11.3 Å². The number of carbonyl (C=O) groups is 1. The summed E-state index contributed by atoms with van der Waals surface area (Å²) in [6.45, 7) is 2.12. The molecule has 122 valence electrons. The molecule has 0 aliphatic heterocycles. The average Bonchev–Trinajstić information content (AvgIpc) is 3.19. The third kappa shape index (κ3) is 4.38. The van der Waals surface area contributed by atoms with Crippen LogP contribution >= 0.6 is 46.3 Å². The van der Waals surface area contributed by atoms with Crippen molar-refractivity contribution < 1.29 is 4.79 Å². The van der Waals surface area contributed by atoms with Crippen molar-refractivity contribution in [2.75, 3.05) is 11.1 Å². The van der Waals surface area contributed by atoms with E-state index in [9.17, 15) is 4.79 Å². The minimum Gasteiger partial charge on any atom is -0.300 e. The third-order valence-corrected chi connectivity index (χ3v) is 6.12. The van der Waals surface area contributed by atoms with Crippen molar-refractivity contribution >= 4 is 57.3 Å². The van der Waals surface area contributed by atoms with Crippen molar-refractivity contribution in [3.63, 3.8) is 0 Å². The highest BCUT2D eigenvalue weighted by Crippen LogP contribution is 2.49. The van der Waals surface area contributed by atoms with Gasteiger partial charge in [-0.3, -0.25) is 4.79 Å². The molecule has 3 rings (SSSR count). The topological polar surface area (TPSA) is 54.9 Å². The molecule has 1 heterocycles. The van der Waals surface area contributed by atoms with Crippen molar-refractivity contribution in [1.82, 2.24) is 10.2 Å². The molecule has 4 nitrogen and oxygen atoms in total. The SMILES string of the molecule is CCCSc1nnc(NC(=O)[C@@H]2C[C@H]2c2cc(Cl)cc(Cl)c2)s1. The molecule has 23 heavy (non-hydrogen) atoms. The number of hydrogen-bond acceptors (Lipinski definition) is 5. The molecule has 0 saturated heterocycles. The lowest BCUT2D eigenvalue weighted by molar-refractivity contribution is -0.117. The Bertz CT molecular complexity index is 702. The highest BCUT2D eigenvalue weighted by atomic mass is 35.5. The van der Waals surface area contributed by atoms with Crippen LogP contribution in [0.1, 0.15) is 31.2 Å². The van der Waals surface area contributed by atoms with Gasteiger partial charge in [0.2, 0.25) is 11.0 Å². The van der Waals surface area contributed by atoms with Gasteiger partial charge in [-0.15, -0.1) is 10.2 Å². The minimum atomic E-state index is -0.0554. The third-order valence-electron chi connectivity index (χ3n) is 3.51. The van der Waals surface area contributed by atoms with Gasteiger partial charge in [0.05, 0.1) is 0 Å². The van der Waals surface area contributed by atoms with E-state index in [4.69, 9.17) is 23.2 Å². The zero-order valence-corrected chi connectivity index (χ0v) is 15.5. The van der Waals surface area contributed by atoms with E-state index in [1.807, 2.05) is 12.1 Å². The Labute approximate surface area is 153 Å². The summed E-state index contributed by atoms with van der Waals surface area (Å²) < 4.78 is 0.885. The first-order valence-electron chi connectivity index (χ1n) is 7.30. The second-order valence-corrected chi connectivity index (χ2v) is 8.55. The van der Waals surface area contributed by atoms with Gasteiger partial charge in [0.15, 0.2) is 4.34 Å². The van der Waals surface area contributed by atoms with Crippen LogP contribution in [0.3, 0.4) is 0 Å². The van der Waals surface area contributed by atoms with Crippen LogP contribution in [-0.2, 0) is 4.79 Å².